The number of hydrogen-bond acceptors (Lipinski definition) is 2. The van der Waals surface area contributed by atoms with Crippen molar-refractivity contribution in [2.45, 2.75) is 18.2 Å². The summed E-state index contributed by atoms with van der Waals surface area (Å²) < 4.78 is 0. The van der Waals surface area contributed by atoms with Crippen molar-refractivity contribution in [1.29, 1.82) is 0 Å². The molecule has 1 aliphatic rings. The van der Waals surface area contributed by atoms with E-state index < -0.39 is 0 Å². The number of rotatable bonds is 1. The molecule has 1 saturated heterocycles. The maximum absolute atomic E-state index is 12.1. The van der Waals surface area contributed by atoms with E-state index in [1.54, 1.807) is 11.0 Å². The van der Waals surface area contributed by atoms with Crippen LogP contribution in [0.5, 0.6) is 5.75 Å². The molecule has 3 nitrogen and oxygen atoms in total. The van der Waals surface area contributed by atoms with Crippen LogP contribution >= 0.6 is 23.2 Å². The van der Waals surface area contributed by atoms with Crippen molar-refractivity contribution in [3.63, 3.8) is 0 Å². The van der Waals surface area contributed by atoms with Gasteiger partial charge in [0.05, 0.1) is 10.9 Å². The molecule has 1 heterocycles. The Labute approximate surface area is 110 Å². The quantitative estimate of drug-likeness (QED) is 0.800. The monoisotopic (exact) mass is 273 g/mol. The minimum Gasteiger partial charge on any atom is -0.507 e. The number of aromatic hydroxyl groups is 1. The van der Waals surface area contributed by atoms with E-state index in [1.807, 2.05) is 0 Å². The van der Waals surface area contributed by atoms with E-state index in [2.05, 4.69) is 0 Å². The average molecular weight is 274 g/mol. The Bertz CT molecular complexity index is 437. The first-order chi connectivity index (χ1) is 8.08. The molecule has 2 rings (SSSR count). The van der Waals surface area contributed by atoms with Gasteiger partial charge in [-0.25, -0.2) is 0 Å². The third-order valence-corrected chi connectivity index (χ3v) is 3.43. The Morgan fingerprint density at radius 3 is 2.88 bits per heavy atom. The lowest BCUT2D eigenvalue weighted by Gasteiger charge is -2.30. The molecule has 1 N–H and O–H groups in total. The number of piperidine rings is 1. The molecule has 0 aliphatic carbocycles. The Morgan fingerprint density at radius 2 is 2.24 bits per heavy atom. The highest BCUT2D eigenvalue weighted by Crippen LogP contribution is 2.25. The molecular weight excluding hydrogens is 261 g/mol. The smallest absolute Gasteiger partial charge is 0.257 e. The van der Waals surface area contributed by atoms with Crippen LogP contribution in [0, 0.1) is 0 Å². The first-order valence-corrected chi connectivity index (χ1v) is 6.31. The second-order valence-electron chi connectivity index (χ2n) is 4.15. The molecule has 1 aromatic carbocycles. The number of likely N-dealkylation sites (tertiary alicyclic amines) is 1. The Kier molecular flexibility index (Phi) is 3.79. The van der Waals surface area contributed by atoms with Gasteiger partial charge in [-0.3, -0.25) is 4.79 Å². The van der Waals surface area contributed by atoms with E-state index in [0.717, 1.165) is 12.8 Å². The summed E-state index contributed by atoms with van der Waals surface area (Å²) in [6.45, 7) is 1.21. The van der Waals surface area contributed by atoms with Crippen LogP contribution < -0.4 is 0 Å². The zero-order valence-corrected chi connectivity index (χ0v) is 10.7. The van der Waals surface area contributed by atoms with Crippen LogP contribution in [0.1, 0.15) is 23.2 Å². The number of benzene rings is 1. The standard InChI is InChI=1S/C12H13Cl2NO2/c13-8-3-4-10(11(16)6-8)12(17)15-5-1-2-9(14)7-15/h3-4,6,9,16H,1-2,5,7H2. The third kappa shape index (κ3) is 2.85. The molecule has 1 unspecified atom stereocenters. The van der Waals surface area contributed by atoms with Crippen LogP contribution in [0.15, 0.2) is 18.2 Å². The predicted molar refractivity (Wildman–Crippen MR) is 67.9 cm³/mol. The summed E-state index contributed by atoms with van der Waals surface area (Å²) in [5.74, 6) is -0.274. The summed E-state index contributed by atoms with van der Waals surface area (Å²) in [5, 5.41) is 10.1. The summed E-state index contributed by atoms with van der Waals surface area (Å²) in [4.78, 5) is 13.8. The molecule has 0 spiro atoms. The molecule has 0 radical (unpaired) electrons. The predicted octanol–water partition coefficient (Wildman–Crippen LogP) is 2.89. The minimum absolute atomic E-state index is 0.00198. The molecule has 1 atom stereocenters. The number of amides is 1. The van der Waals surface area contributed by atoms with E-state index in [1.165, 1.54) is 12.1 Å². The lowest BCUT2D eigenvalue weighted by molar-refractivity contribution is 0.0724. The number of carbonyl (C=O) groups is 1. The summed E-state index contributed by atoms with van der Waals surface area (Å²) >= 11 is 11.8. The van der Waals surface area contributed by atoms with E-state index in [9.17, 15) is 9.90 Å². The van der Waals surface area contributed by atoms with Gasteiger partial charge in [-0.2, -0.15) is 0 Å². The normalized spacial score (nSPS) is 20.4. The number of phenolic OH excluding ortho intramolecular Hbond substituents is 1. The van der Waals surface area contributed by atoms with Gasteiger partial charge in [0.15, 0.2) is 0 Å². The molecule has 1 aromatic rings. The van der Waals surface area contributed by atoms with Crippen molar-refractivity contribution in [2.24, 2.45) is 0 Å². The van der Waals surface area contributed by atoms with Crippen LogP contribution in [0.2, 0.25) is 5.02 Å². The van der Waals surface area contributed by atoms with Crippen LogP contribution in [0.4, 0.5) is 0 Å². The van der Waals surface area contributed by atoms with Crippen molar-refractivity contribution < 1.29 is 9.90 Å². The minimum atomic E-state index is -0.190. The fourth-order valence-electron chi connectivity index (χ4n) is 1.97. The zero-order chi connectivity index (χ0) is 12.4. The molecule has 0 bridgehead atoms. The Balaban J connectivity index is 2.18. The van der Waals surface area contributed by atoms with Gasteiger partial charge in [-0.05, 0) is 31.0 Å². The molecule has 1 fully saturated rings. The largest absolute Gasteiger partial charge is 0.507 e. The molecule has 92 valence electrons. The van der Waals surface area contributed by atoms with Crippen LogP contribution in [-0.2, 0) is 0 Å². The molecule has 1 amide bonds. The van der Waals surface area contributed by atoms with E-state index in [-0.39, 0.29) is 22.6 Å². The Hall–Kier alpha value is -0.930. The highest BCUT2D eigenvalue weighted by molar-refractivity contribution is 6.30. The molecule has 5 heteroatoms. The fraction of sp³-hybridized carbons (Fsp3) is 0.417. The third-order valence-electron chi connectivity index (χ3n) is 2.84. The number of phenols is 1. The molecule has 0 aromatic heterocycles. The topological polar surface area (TPSA) is 40.5 Å². The maximum atomic E-state index is 12.1. The highest BCUT2D eigenvalue weighted by atomic mass is 35.5. The summed E-state index contributed by atoms with van der Waals surface area (Å²) in [6, 6.07) is 4.51. The van der Waals surface area contributed by atoms with Gasteiger partial charge in [0.1, 0.15) is 5.75 Å². The Morgan fingerprint density at radius 1 is 1.47 bits per heavy atom. The summed E-state index contributed by atoms with van der Waals surface area (Å²) in [7, 11) is 0. The molecule has 1 aliphatic heterocycles. The maximum Gasteiger partial charge on any atom is 0.257 e. The van der Waals surface area contributed by atoms with Gasteiger partial charge in [0, 0.05) is 18.1 Å². The van der Waals surface area contributed by atoms with Crippen molar-refractivity contribution in [1.82, 2.24) is 4.90 Å². The second kappa shape index (κ2) is 5.15. The van der Waals surface area contributed by atoms with Gasteiger partial charge in [0.25, 0.3) is 5.91 Å². The van der Waals surface area contributed by atoms with Gasteiger partial charge >= 0.3 is 0 Å². The van der Waals surface area contributed by atoms with Crippen LogP contribution in [0.25, 0.3) is 0 Å². The van der Waals surface area contributed by atoms with Crippen molar-refractivity contribution in [2.75, 3.05) is 13.1 Å². The number of halogens is 2. The van der Waals surface area contributed by atoms with Gasteiger partial charge in [-0.1, -0.05) is 11.6 Å². The summed E-state index contributed by atoms with van der Waals surface area (Å²) in [6.07, 6.45) is 1.83. The first-order valence-electron chi connectivity index (χ1n) is 5.50. The van der Waals surface area contributed by atoms with E-state index >= 15 is 0 Å². The lowest BCUT2D eigenvalue weighted by atomic mass is 10.1. The fourth-order valence-corrected chi connectivity index (χ4v) is 2.45. The van der Waals surface area contributed by atoms with E-state index in [0.29, 0.717) is 18.1 Å². The van der Waals surface area contributed by atoms with Gasteiger partial charge < -0.3 is 10.0 Å². The van der Waals surface area contributed by atoms with Crippen molar-refractivity contribution in [3.8, 4) is 5.75 Å². The number of carbonyl (C=O) groups excluding carboxylic acids is 1. The van der Waals surface area contributed by atoms with Gasteiger partial charge in [-0.15, -0.1) is 11.6 Å². The lowest BCUT2D eigenvalue weighted by Crippen LogP contribution is -2.40. The zero-order valence-electron chi connectivity index (χ0n) is 9.20. The van der Waals surface area contributed by atoms with E-state index in [4.69, 9.17) is 23.2 Å². The van der Waals surface area contributed by atoms with Crippen LogP contribution in [0.3, 0.4) is 0 Å². The summed E-state index contributed by atoms with van der Waals surface area (Å²) in [5.41, 5.74) is 0.278. The molecule has 17 heavy (non-hydrogen) atoms. The number of hydrogen-bond donors (Lipinski definition) is 1. The molecular formula is C12H13Cl2NO2. The highest BCUT2D eigenvalue weighted by Gasteiger charge is 2.24. The van der Waals surface area contributed by atoms with Crippen molar-refractivity contribution >= 4 is 29.1 Å². The number of nitrogens with zero attached hydrogens (tertiary/aromatic N) is 1. The van der Waals surface area contributed by atoms with Crippen molar-refractivity contribution in [3.05, 3.63) is 28.8 Å². The van der Waals surface area contributed by atoms with Gasteiger partial charge in [0.2, 0.25) is 0 Å². The average Bonchev–Trinajstić information content (AvgIpc) is 2.28. The SMILES string of the molecule is O=C(c1ccc(Cl)cc1O)N1CCCC(Cl)C1. The number of alkyl halides is 1. The molecule has 0 saturated carbocycles. The second-order valence-corrected chi connectivity index (χ2v) is 5.21. The van der Waals surface area contributed by atoms with Crippen LogP contribution in [-0.4, -0.2) is 34.4 Å². The first kappa shape index (κ1) is 12.5.